The molecule has 0 atom stereocenters. The molecule has 0 unspecified atom stereocenters. The van der Waals surface area contributed by atoms with Gasteiger partial charge in [0.2, 0.25) is 0 Å². The first-order valence-electron chi connectivity index (χ1n) is 4.16. The minimum atomic E-state index is 0.348. The lowest BCUT2D eigenvalue weighted by Crippen LogP contribution is -1.88. The van der Waals surface area contributed by atoms with E-state index in [1.165, 1.54) is 0 Å². The summed E-state index contributed by atoms with van der Waals surface area (Å²) in [5.41, 5.74) is 7.64. The third-order valence-electron chi connectivity index (χ3n) is 1.97. The lowest BCUT2D eigenvalue weighted by molar-refractivity contribution is 0.112. The van der Waals surface area contributed by atoms with Gasteiger partial charge in [0.15, 0.2) is 12.2 Å². The fourth-order valence-corrected chi connectivity index (χ4v) is 1.32. The van der Waals surface area contributed by atoms with Gasteiger partial charge in [-0.25, -0.2) is 4.98 Å². The molecule has 0 aliphatic rings. The number of benzene rings is 1. The Hall–Kier alpha value is -2.10. The lowest BCUT2D eigenvalue weighted by atomic mass is 10.1. The van der Waals surface area contributed by atoms with Crippen molar-refractivity contribution in [2.24, 2.45) is 0 Å². The van der Waals surface area contributed by atoms with Crippen LogP contribution in [0.25, 0.3) is 11.3 Å². The number of anilines is 1. The second-order valence-corrected chi connectivity index (χ2v) is 2.89. The first-order valence-corrected chi connectivity index (χ1v) is 4.16. The number of imidazole rings is 1. The Morgan fingerprint density at radius 3 is 2.79 bits per heavy atom. The highest BCUT2D eigenvalue weighted by Gasteiger charge is 2.05. The maximum Gasteiger partial charge on any atom is 0.197 e. The summed E-state index contributed by atoms with van der Waals surface area (Å²) in [5, 5.41) is 0. The maximum atomic E-state index is 10.7. The number of carbonyl (C=O) groups is 1. The van der Waals surface area contributed by atoms with Crippen molar-refractivity contribution in [3.05, 3.63) is 36.0 Å². The monoisotopic (exact) mass is 187 g/mol. The molecule has 0 saturated carbocycles. The summed E-state index contributed by atoms with van der Waals surface area (Å²) in [4.78, 5) is 17.5. The number of H-pyrrole nitrogens is 1. The Labute approximate surface area is 80.8 Å². The van der Waals surface area contributed by atoms with Crippen LogP contribution in [0, 0.1) is 0 Å². The molecule has 4 nitrogen and oxygen atoms in total. The summed E-state index contributed by atoms with van der Waals surface area (Å²) in [6.45, 7) is 0. The topological polar surface area (TPSA) is 71.8 Å². The minimum absolute atomic E-state index is 0.348. The Kier molecular flexibility index (Phi) is 2.02. The van der Waals surface area contributed by atoms with Crippen LogP contribution in [-0.4, -0.2) is 16.3 Å². The van der Waals surface area contributed by atoms with Crippen LogP contribution >= 0.6 is 0 Å². The summed E-state index contributed by atoms with van der Waals surface area (Å²) in [7, 11) is 0. The number of nitrogens with zero attached hydrogens (tertiary/aromatic N) is 1. The number of hydrogen-bond acceptors (Lipinski definition) is 3. The third-order valence-corrected chi connectivity index (χ3v) is 1.97. The zero-order valence-electron chi connectivity index (χ0n) is 7.40. The SMILES string of the molecule is Nc1ncc(-c2ccccc2C=O)[nH]1. The molecule has 4 heteroatoms. The summed E-state index contributed by atoms with van der Waals surface area (Å²) < 4.78 is 0. The van der Waals surface area contributed by atoms with Gasteiger partial charge in [0.25, 0.3) is 0 Å². The largest absolute Gasteiger partial charge is 0.369 e. The molecule has 70 valence electrons. The number of hydrogen-bond donors (Lipinski definition) is 2. The van der Waals surface area contributed by atoms with Crippen LogP contribution in [0.1, 0.15) is 10.4 Å². The smallest absolute Gasteiger partial charge is 0.197 e. The number of carbonyl (C=O) groups excluding carboxylic acids is 1. The predicted octanol–water partition coefficient (Wildman–Crippen LogP) is 1.47. The highest BCUT2D eigenvalue weighted by molar-refractivity contribution is 5.86. The van der Waals surface area contributed by atoms with E-state index in [4.69, 9.17) is 5.73 Å². The molecule has 14 heavy (non-hydrogen) atoms. The number of aromatic amines is 1. The van der Waals surface area contributed by atoms with Gasteiger partial charge in [-0.15, -0.1) is 0 Å². The third kappa shape index (κ3) is 1.37. The van der Waals surface area contributed by atoms with E-state index in [-0.39, 0.29) is 0 Å². The average Bonchev–Trinajstić information content (AvgIpc) is 2.65. The zero-order chi connectivity index (χ0) is 9.97. The summed E-state index contributed by atoms with van der Waals surface area (Å²) >= 11 is 0. The quantitative estimate of drug-likeness (QED) is 0.699. The van der Waals surface area contributed by atoms with Gasteiger partial charge in [-0.1, -0.05) is 24.3 Å². The van der Waals surface area contributed by atoms with Gasteiger partial charge in [0, 0.05) is 11.1 Å². The highest BCUT2D eigenvalue weighted by Crippen LogP contribution is 2.20. The molecule has 1 aromatic heterocycles. The lowest BCUT2D eigenvalue weighted by Gasteiger charge is -1.99. The number of nitrogen functional groups attached to an aromatic ring is 1. The van der Waals surface area contributed by atoms with E-state index < -0.39 is 0 Å². The molecule has 2 aromatic rings. The number of nitrogens with two attached hydrogens (primary N) is 1. The highest BCUT2D eigenvalue weighted by atomic mass is 16.1. The molecular weight excluding hydrogens is 178 g/mol. The molecule has 0 amide bonds. The molecule has 0 aliphatic heterocycles. The van der Waals surface area contributed by atoms with Crippen molar-refractivity contribution >= 4 is 12.2 Å². The molecule has 0 saturated heterocycles. The van der Waals surface area contributed by atoms with E-state index in [0.717, 1.165) is 17.5 Å². The van der Waals surface area contributed by atoms with E-state index in [2.05, 4.69) is 9.97 Å². The standard InChI is InChI=1S/C10H9N3O/c11-10-12-5-9(13-10)8-4-2-1-3-7(8)6-14/h1-6H,(H3,11,12,13). The molecule has 2 rings (SSSR count). The van der Waals surface area contributed by atoms with E-state index >= 15 is 0 Å². The fraction of sp³-hybridized carbons (Fsp3) is 0. The molecule has 0 radical (unpaired) electrons. The molecule has 0 spiro atoms. The molecule has 3 N–H and O–H groups in total. The summed E-state index contributed by atoms with van der Waals surface area (Å²) in [5.74, 6) is 0.348. The van der Waals surface area contributed by atoms with Crippen molar-refractivity contribution in [1.82, 2.24) is 9.97 Å². The minimum Gasteiger partial charge on any atom is -0.369 e. The van der Waals surface area contributed by atoms with Crippen LogP contribution in [0.5, 0.6) is 0 Å². The zero-order valence-corrected chi connectivity index (χ0v) is 7.40. The second kappa shape index (κ2) is 3.33. The first kappa shape index (κ1) is 8.50. The van der Waals surface area contributed by atoms with Crippen molar-refractivity contribution in [2.75, 3.05) is 5.73 Å². The van der Waals surface area contributed by atoms with Gasteiger partial charge >= 0.3 is 0 Å². The number of nitrogens with one attached hydrogen (secondary N) is 1. The van der Waals surface area contributed by atoms with Crippen molar-refractivity contribution in [1.29, 1.82) is 0 Å². The second-order valence-electron chi connectivity index (χ2n) is 2.89. The van der Waals surface area contributed by atoms with Gasteiger partial charge < -0.3 is 10.7 Å². The normalized spacial score (nSPS) is 10.0. The summed E-state index contributed by atoms with van der Waals surface area (Å²) in [6.07, 6.45) is 2.42. The van der Waals surface area contributed by atoms with E-state index in [1.807, 2.05) is 18.2 Å². The molecular formula is C10H9N3O. The van der Waals surface area contributed by atoms with Gasteiger partial charge in [-0.3, -0.25) is 4.79 Å². The fourth-order valence-electron chi connectivity index (χ4n) is 1.32. The predicted molar refractivity (Wildman–Crippen MR) is 53.8 cm³/mol. The molecule has 1 aromatic carbocycles. The van der Waals surface area contributed by atoms with E-state index in [0.29, 0.717) is 11.5 Å². The van der Waals surface area contributed by atoms with Gasteiger partial charge in [-0.2, -0.15) is 0 Å². The van der Waals surface area contributed by atoms with Crippen molar-refractivity contribution in [3.8, 4) is 11.3 Å². The van der Waals surface area contributed by atoms with Crippen LogP contribution in [0.4, 0.5) is 5.95 Å². The van der Waals surface area contributed by atoms with Gasteiger partial charge in [-0.05, 0) is 0 Å². The Morgan fingerprint density at radius 2 is 2.14 bits per heavy atom. The molecule has 0 bridgehead atoms. The number of aromatic nitrogens is 2. The number of aldehydes is 1. The Morgan fingerprint density at radius 1 is 1.36 bits per heavy atom. The maximum absolute atomic E-state index is 10.7. The van der Waals surface area contributed by atoms with Crippen LogP contribution in [0.2, 0.25) is 0 Å². The summed E-state index contributed by atoms with van der Waals surface area (Å²) in [6, 6.07) is 7.27. The van der Waals surface area contributed by atoms with Gasteiger partial charge in [0.05, 0.1) is 11.9 Å². The van der Waals surface area contributed by atoms with Crippen LogP contribution in [0.15, 0.2) is 30.5 Å². The van der Waals surface area contributed by atoms with Crippen molar-refractivity contribution in [3.63, 3.8) is 0 Å². The van der Waals surface area contributed by atoms with E-state index in [9.17, 15) is 4.79 Å². The molecule has 1 heterocycles. The average molecular weight is 187 g/mol. The molecule has 0 fully saturated rings. The first-order chi connectivity index (χ1) is 6.81. The number of rotatable bonds is 2. The molecule has 0 aliphatic carbocycles. The van der Waals surface area contributed by atoms with Crippen LogP contribution in [-0.2, 0) is 0 Å². The van der Waals surface area contributed by atoms with E-state index in [1.54, 1.807) is 12.3 Å². The van der Waals surface area contributed by atoms with Crippen molar-refractivity contribution in [2.45, 2.75) is 0 Å². The van der Waals surface area contributed by atoms with Crippen molar-refractivity contribution < 1.29 is 4.79 Å². The van der Waals surface area contributed by atoms with Gasteiger partial charge in [0.1, 0.15) is 0 Å². The Bertz CT molecular complexity index is 462. The van der Waals surface area contributed by atoms with Crippen LogP contribution < -0.4 is 5.73 Å². The van der Waals surface area contributed by atoms with Crippen LogP contribution in [0.3, 0.4) is 0 Å². The Balaban J connectivity index is 2.55.